The molecule has 3 nitrogen and oxygen atoms in total. The first-order valence-electron chi connectivity index (χ1n) is 4.55. The average molecular weight is 190 g/mol. The van der Waals surface area contributed by atoms with E-state index in [0.717, 1.165) is 17.7 Å². The van der Waals surface area contributed by atoms with E-state index in [0.29, 0.717) is 6.42 Å². The molecule has 0 saturated carbocycles. The topological polar surface area (TPSA) is 59.0 Å². The van der Waals surface area contributed by atoms with Crippen molar-refractivity contribution in [3.8, 4) is 11.8 Å². The van der Waals surface area contributed by atoms with Gasteiger partial charge in [0.05, 0.1) is 19.2 Å². The minimum absolute atomic E-state index is 0.389. The van der Waals surface area contributed by atoms with Crippen LogP contribution in [0.2, 0.25) is 0 Å². The fraction of sp³-hybridized carbons (Fsp3) is 0.364. The lowest BCUT2D eigenvalue weighted by atomic mass is 10.1. The summed E-state index contributed by atoms with van der Waals surface area (Å²) in [6.07, 6.45) is 1.44. The monoisotopic (exact) mass is 190 g/mol. The summed E-state index contributed by atoms with van der Waals surface area (Å²) < 4.78 is 5.19. The van der Waals surface area contributed by atoms with Crippen molar-refractivity contribution in [1.29, 1.82) is 5.26 Å². The minimum atomic E-state index is -0.389. The maximum Gasteiger partial charge on any atom is 0.122 e. The molecular weight excluding hydrogens is 176 g/mol. The number of rotatable bonds is 4. The lowest BCUT2D eigenvalue weighted by Gasteiger charge is -2.08. The molecule has 0 amide bonds. The number of hydrogen-bond donors (Lipinski definition) is 1. The molecule has 0 aliphatic rings. The number of benzene rings is 1. The zero-order chi connectivity index (χ0) is 10.4. The van der Waals surface area contributed by atoms with E-state index >= 15 is 0 Å². The molecule has 0 aromatic heterocycles. The normalized spacial score (nSPS) is 11.8. The first kappa shape index (κ1) is 10.6. The van der Waals surface area contributed by atoms with Gasteiger partial charge in [0, 0.05) is 0 Å². The van der Waals surface area contributed by atoms with Gasteiger partial charge in [-0.25, -0.2) is 0 Å². The molecule has 0 heterocycles. The van der Waals surface area contributed by atoms with E-state index in [1.807, 2.05) is 30.3 Å². The van der Waals surface area contributed by atoms with E-state index < -0.39 is 0 Å². The lowest BCUT2D eigenvalue weighted by Crippen LogP contribution is -2.17. The Hall–Kier alpha value is -1.53. The Kier molecular flexibility index (Phi) is 3.96. The van der Waals surface area contributed by atoms with Gasteiger partial charge in [0.2, 0.25) is 0 Å². The van der Waals surface area contributed by atoms with Crippen molar-refractivity contribution in [2.24, 2.45) is 5.73 Å². The van der Waals surface area contributed by atoms with E-state index in [1.54, 1.807) is 7.11 Å². The summed E-state index contributed by atoms with van der Waals surface area (Å²) in [7, 11) is 1.64. The highest BCUT2D eigenvalue weighted by molar-refractivity contribution is 5.33. The largest absolute Gasteiger partial charge is 0.496 e. The number of methoxy groups -OCH3 is 1. The molecule has 0 radical (unpaired) electrons. The molecule has 2 N–H and O–H groups in total. The Balaban J connectivity index is 2.63. The standard InChI is InChI=1S/C11H14N2O/c1-14-11-5-3-2-4-9(11)6-7-10(13)8-12/h2-5,10H,6-7,13H2,1H3. The fourth-order valence-electron chi connectivity index (χ4n) is 1.29. The molecule has 1 aromatic carbocycles. The van der Waals surface area contributed by atoms with Gasteiger partial charge in [-0.2, -0.15) is 5.26 Å². The molecule has 1 rings (SSSR count). The predicted octanol–water partition coefficient (Wildman–Crippen LogP) is 1.48. The Morgan fingerprint density at radius 1 is 1.50 bits per heavy atom. The van der Waals surface area contributed by atoms with E-state index in [4.69, 9.17) is 15.7 Å². The summed E-state index contributed by atoms with van der Waals surface area (Å²) in [4.78, 5) is 0. The molecule has 3 heteroatoms. The number of para-hydroxylation sites is 1. The van der Waals surface area contributed by atoms with Crippen LogP contribution < -0.4 is 10.5 Å². The SMILES string of the molecule is COc1ccccc1CCC(N)C#N. The number of aryl methyl sites for hydroxylation is 1. The second-order valence-corrected chi connectivity index (χ2v) is 3.09. The molecule has 0 aliphatic heterocycles. The molecule has 0 saturated heterocycles. The Bertz CT molecular complexity index is 330. The van der Waals surface area contributed by atoms with Crippen LogP contribution >= 0.6 is 0 Å². The Morgan fingerprint density at radius 2 is 2.21 bits per heavy atom. The summed E-state index contributed by atoms with van der Waals surface area (Å²) in [5, 5.41) is 8.53. The number of nitriles is 1. The molecule has 1 unspecified atom stereocenters. The summed E-state index contributed by atoms with van der Waals surface area (Å²) in [6.45, 7) is 0. The third kappa shape index (κ3) is 2.75. The third-order valence-electron chi connectivity index (χ3n) is 2.08. The van der Waals surface area contributed by atoms with Crippen molar-refractivity contribution in [3.05, 3.63) is 29.8 Å². The van der Waals surface area contributed by atoms with Crippen molar-refractivity contribution in [1.82, 2.24) is 0 Å². The molecule has 0 spiro atoms. The van der Waals surface area contributed by atoms with E-state index in [2.05, 4.69) is 0 Å². The van der Waals surface area contributed by atoms with E-state index in [9.17, 15) is 0 Å². The molecule has 74 valence electrons. The van der Waals surface area contributed by atoms with Crippen LogP contribution in [0.4, 0.5) is 0 Å². The molecule has 1 atom stereocenters. The van der Waals surface area contributed by atoms with Gasteiger partial charge in [-0.05, 0) is 24.5 Å². The van der Waals surface area contributed by atoms with E-state index in [1.165, 1.54) is 0 Å². The van der Waals surface area contributed by atoms with Gasteiger partial charge in [-0.3, -0.25) is 0 Å². The Morgan fingerprint density at radius 3 is 2.86 bits per heavy atom. The van der Waals surface area contributed by atoms with Crippen LogP contribution in [-0.2, 0) is 6.42 Å². The molecule has 14 heavy (non-hydrogen) atoms. The maximum absolute atomic E-state index is 8.53. The average Bonchev–Trinajstić information content (AvgIpc) is 2.26. The van der Waals surface area contributed by atoms with Gasteiger partial charge in [0.25, 0.3) is 0 Å². The zero-order valence-electron chi connectivity index (χ0n) is 8.23. The van der Waals surface area contributed by atoms with Gasteiger partial charge >= 0.3 is 0 Å². The third-order valence-corrected chi connectivity index (χ3v) is 2.08. The summed E-state index contributed by atoms with van der Waals surface area (Å²) in [5.41, 5.74) is 6.61. The fourth-order valence-corrected chi connectivity index (χ4v) is 1.29. The number of nitrogens with zero attached hydrogens (tertiary/aromatic N) is 1. The Labute approximate surface area is 84.1 Å². The van der Waals surface area contributed by atoms with Gasteiger partial charge in [-0.15, -0.1) is 0 Å². The van der Waals surface area contributed by atoms with Gasteiger partial charge < -0.3 is 10.5 Å². The molecule has 0 fully saturated rings. The quantitative estimate of drug-likeness (QED) is 0.782. The van der Waals surface area contributed by atoms with Crippen molar-refractivity contribution >= 4 is 0 Å². The summed E-state index contributed by atoms with van der Waals surface area (Å²) >= 11 is 0. The predicted molar refractivity (Wildman–Crippen MR) is 54.9 cm³/mol. The van der Waals surface area contributed by atoms with Crippen molar-refractivity contribution in [2.45, 2.75) is 18.9 Å². The maximum atomic E-state index is 8.53. The minimum Gasteiger partial charge on any atom is -0.496 e. The lowest BCUT2D eigenvalue weighted by molar-refractivity contribution is 0.409. The van der Waals surface area contributed by atoms with Crippen LogP contribution in [-0.4, -0.2) is 13.2 Å². The molecule has 0 bridgehead atoms. The highest BCUT2D eigenvalue weighted by Gasteiger charge is 2.04. The van der Waals surface area contributed by atoms with Crippen LogP contribution in [0, 0.1) is 11.3 Å². The number of nitrogens with two attached hydrogens (primary N) is 1. The second kappa shape index (κ2) is 5.25. The summed E-state index contributed by atoms with van der Waals surface area (Å²) in [5.74, 6) is 0.859. The van der Waals surface area contributed by atoms with Gasteiger partial charge in [0.15, 0.2) is 0 Å². The molecule has 0 aliphatic carbocycles. The highest BCUT2D eigenvalue weighted by atomic mass is 16.5. The van der Waals surface area contributed by atoms with Crippen molar-refractivity contribution in [3.63, 3.8) is 0 Å². The van der Waals surface area contributed by atoms with Crippen LogP contribution in [0.15, 0.2) is 24.3 Å². The van der Waals surface area contributed by atoms with Crippen LogP contribution in [0.3, 0.4) is 0 Å². The van der Waals surface area contributed by atoms with Crippen molar-refractivity contribution in [2.75, 3.05) is 7.11 Å². The first-order valence-corrected chi connectivity index (χ1v) is 4.55. The van der Waals surface area contributed by atoms with Gasteiger partial charge in [0.1, 0.15) is 5.75 Å². The highest BCUT2D eigenvalue weighted by Crippen LogP contribution is 2.18. The molecular formula is C11H14N2O. The second-order valence-electron chi connectivity index (χ2n) is 3.09. The smallest absolute Gasteiger partial charge is 0.122 e. The van der Waals surface area contributed by atoms with Gasteiger partial charge in [-0.1, -0.05) is 18.2 Å². The van der Waals surface area contributed by atoms with Crippen molar-refractivity contribution < 1.29 is 4.74 Å². The zero-order valence-corrected chi connectivity index (χ0v) is 8.23. The number of ether oxygens (including phenoxy) is 1. The van der Waals surface area contributed by atoms with Crippen LogP contribution in [0.25, 0.3) is 0 Å². The van der Waals surface area contributed by atoms with Crippen LogP contribution in [0.1, 0.15) is 12.0 Å². The number of hydrogen-bond acceptors (Lipinski definition) is 3. The summed E-state index contributed by atoms with van der Waals surface area (Å²) in [6, 6.07) is 9.40. The molecule has 1 aromatic rings. The van der Waals surface area contributed by atoms with E-state index in [-0.39, 0.29) is 6.04 Å². The van der Waals surface area contributed by atoms with Crippen LogP contribution in [0.5, 0.6) is 5.75 Å². The first-order chi connectivity index (χ1) is 6.77.